The summed E-state index contributed by atoms with van der Waals surface area (Å²) in [5, 5.41) is 2.71. The van der Waals surface area contributed by atoms with Crippen LogP contribution in [0.25, 0.3) is 0 Å². The number of anilines is 1. The highest BCUT2D eigenvalue weighted by Crippen LogP contribution is 2.52. The second-order valence-electron chi connectivity index (χ2n) is 7.20. The summed E-state index contributed by atoms with van der Waals surface area (Å²) in [7, 11) is 1.30. The van der Waals surface area contributed by atoms with Crippen LogP contribution in [0.3, 0.4) is 0 Å². The second kappa shape index (κ2) is 6.64. The Morgan fingerprint density at radius 2 is 1.67 bits per heavy atom. The van der Waals surface area contributed by atoms with E-state index in [2.05, 4.69) is 10.1 Å². The lowest BCUT2D eigenvalue weighted by Gasteiger charge is -2.17. The minimum atomic E-state index is -0.451. The van der Waals surface area contributed by atoms with Crippen LogP contribution in [0, 0.1) is 23.7 Å². The molecule has 1 saturated carbocycles. The average molecular weight is 368 g/mol. The van der Waals surface area contributed by atoms with Gasteiger partial charge in [0.2, 0.25) is 17.7 Å². The predicted molar refractivity (Wildman–Crippen MR) is 95.5 cm³/mol. The Bertz CT molecular complexity index is 814. The predicted octanol–water partition coefficient (Wildman–Crippen LogP) is 1.61. The molecule has 2 aliphatic carbocycles. The first kappa shape index (κ1) is 17.5. The Balaban J connectivity index is 1.33. The van der Waals surface area contributed by atoms with Crippen LogP contribution in [0.15, 0.2) is 36.4 Å². The number of carbonyl (C=O) groups is 4. The SMILES string of the molecule is COC(=O)c1ccc(NC(=O)CCN2C(=O)[C@H]3[C@H](C2=O)[C@H]2C=C[C@H]3C2)cc1. The van der Waals surface area contributed by atoms with Gasteiger partial charge >= 0.3 is 5.97 Å². The van der Waals surface area contributed by atoms with Crippen molar-refractivity contribution in [2.45, 2.75) is 12.8 Å². The fourth-order valence-corrected chi connectivity index (χ4v) is 4.43. The highest BCUT2D eigenvalue weighted by Gasteiger charge is 2.58. The minimum Gasteiger partial charge on any atom is -0.465 e. The molecule has 3 aliphatic rings. The number of methoxy groups -OCH3 is 1. The first-order valence-electron chi connectivity index (χ1n) is 9.01. The number of amides is 3. The maximum Gasteiger partial charge on any atom is 0.337 e. The van der Waals surface area contributed by atoms with Gasteiger partial charge in [-0.25, -0.2) is 4.79 Å². The van der Waals surface area contributed by atoms with E-state index in [0.29, 0.717) is 11.3 Å². The molecule has 3 amide bonds. The number of hydrogen-bond acceptors (Lipinski definition) is 5. The van der Waals surface area contributed by atoms with Crippen LogP contribution >= 0.6 is 0 Å². The summed E-state index contributed by atoms with van der Waals surface area (Å²) in [6, 6.07) is 6.31. The molecule has 140 valence electrons. The fraction of sp³-hybridized carbons (Fsp3) is 0.400. The van der Waals surface area contributed by atoms with Crippen LogP contribution in [-0.2, 0) is 19.1 Å². The van der Waals surface area contributed by atoms with E-state index >= 15 is 0 Å². The maximum absolute atomic E-state index is 12.6. The van der Waals surface area contributed by atoms with E-state index in [9.17, 15) is 19.2 Å². The number of nitrogens with zero attached hydrogens (tertiary/aromatic N) is 1. The molecule has 0 radical (unpaired) electrons. The number of nitrogens with one attached hydrogen (secondary N) is 1. The molecule has 2 fully saturated rings. The summed E-state index contributed by atoms with van der Waals surface area (Å²) < 4.78 is 4.62. The van der Waals surface area contributed by atoms with E-state index in [1.54, 1.807) is 24.3 Å². The second-order valence-corrected chi connectivity index (χ2v) is 7.20. The fourth-order valence-electron chi connectivity index (χ4n) is 4.43. The van der Waals surface area contributed by atoms with Crippen molar-refractivity contribution in [3.63, 3.8) is 0 Å². The molecule has 1 N–H and O–H groups in total. The topological polar surface area (TPSA) is 92.8 Å². The van der Waals surface area contributed by atoms with E-state index < -0.39 is 5.97 Å². The van der Waals surface area contributed by atoms with Gasteiger partial charge in [-0.15, -0.1) is 0 Å². The number of ether oxygens (including phenoxy) is 1. The molecule has 1 saturated heterocycles. The largest absolute Gasteiger partial charge is 0.465 e. The van der Waals surface area contributed by atoms with Gasteiger partial charge in [0.1, 0.15) is 0 Å². The molecule has 0 spiro atoms. The van der Waals surface area contributed by atoms with Gasteiger partial charge in [0.25, 0.3) is 0 Å². The lowest BCUT2D eigenvalue weighted by atomic mass is 9.85. The Kier molecular flexibility index (Phi) is 4.30. The molecule has 0 aromatic heterocycles. The van der Waals surface area contributed by atoms with Crippen molar-refractivity contribution in [1.82, 2.24) is 4.90 Å². The van der Waals surface area contributed by atoms with Crippen molar-refractivity contribution in [3.8, 4) is 0 Å². The molecular weight excluding hydrogens is 348 g/mol. The van der Waals surface area contributed by atoms with Crippen LogP contribution in [0.4, 0.5) is 5.69 Å². The van der Waals surface area contributed by atoms with Gasteiger partial charge in [0.15, 0.2) is 0 Å². The first-order chi connectivity index (χ1) is 13.0. The van der Waals surface area contributed by atoms with Gasteiger partial charge in [-0.2, -0.15) is 0 Å². The monoisotopic (exact) mass is 368 g/mol. The minimum absolute atomic E-state index is 0.0401. The number of esters is 1. The maximum atomic E-state index is 12.6. The molecule has 0 unspecified atom stereocenters. The van der Waals surface area contributed by atoms with Gasteiger partial charge < -0.3 is 10.1 Å². The summed E-state index contributed by atoms with van der Waals surface area (Å²) >= 11 is 0. The molecule has 7 nitrogen and oxygen atoms in total. The molecule has 1 aliphatic heterocycles. The summed E-state index contributed by atoms with van der Waals surface area (Å²) in [4.78, 5) is 50.0. The van der Waals surface area contributed by atoms with Crippen molar-refractivity contribution >= 4 is 29.4 Å². The van der Waals surface area contributed by atoms with Crippen LogP contribution in [0.2, 0.25) is 0 Å². The van der Waals surface area contributed by atoms with Gasteiger partial charge in [0, 0.05) is 18.7 Å². The zero-order valence-corrected chi connectivity index (χ0v) is 14.9. The number of rotatable bonds is 5. The van der Waals surface area contributed by atoms with Crippen molar-refractivity contribution in [1.29, 1.82) is 0 Å². The van der Waals surface area contributed by atoms with Crippen molar-refractivity contribution in [3.05, 3.63) is 42.0 Å². The van der Waals surface area contributed by atoms with Crippen molar-refractivity contribution < 1.29 is 23.9 Å². The highest BCUT2D eigenvalue weighted by molar-refractivity contribution is 6.06. The highest BCUT2D eigenvalue weighted by atomic mass is 16.5. The van der Waals surface area contributed by atoms with E-state index in [-0.39, 0.29) is 54.4 Å². The molecule has 4 atom stereocenters. The third-order valence-corrected chi connectivity index (χ3v) is 5.71. The van der Waals surface area contributed by atoms with E-state index in [1.165, 1.54) is 12.0 Å². The summed E-state index contributed by atoms with van der Waals surface area (Å²) in [6.45, 7) is 0.0934. The van der Waals surface area contributed by atoms with Crippen molar-refractivity contribution in [2.24, 2.45) is 23.7 Å². The number of fused-ring (bicyclic) bond motifs is 5. The number of carbonyl (C=O) groups excluding carboxylic acids is 4. The molecule has 2 bridgehead atoms. The summed E-state index contributed by atoms with van der Waals surface area (Å²) in [6.07, 6.45) is 5.03. The van der Waals surface area contributed by atoms with Crippen LogP contribution < -0.4 is 5.32 Å². The smallest absolute Gasteiger partial charge is 0.337 e. The van der Waals surface area contributed by atoms with Crippen LogP contribution in [0.5, 0.6) is 0 Å². The average Bonchev–Trinajstić information content (AvgIpc) is 3.35. The van der Waals surface area contributed by atoms with Crippen LogP contribution in [0.1, 0.15) is 23.2 Å². The van der Waals surface area contributed by atoms with Gasteiger partial charge in [-0.05, 0) is 42.5 Å². The number of allylic oxidation sites excluding steroid dienone is 2. The van der Waals surface area contributed by atoms with Gasteiger partial charge in [-0.1, -0.05) is 12.2 Å². The number of hydrogen-bond donors (Lipinski definition) is 1. The molecule has 7 heteroatoms. The molecule has 27 heavy (non-hydrogen) atoms. The summed E-state index contributed by atoms with van der Waals surface area (Å²) in [5.41, 5.74) is 0.921. The Labute approximate surface area is 156 Å². The standard InChI is InChI=1S/C20H20N2O5/c1-27-20(26)11-4-6-14(7-5-11)21-15(23)8-9-22-18(24)16-12-2-3-13(10-12)17(16)19(22)25/h2-7,12-13,16-17H,8-10H2,1H3,(H,21,23)/t12-,13-,16+,17+/m0/s1. The van der Waals surface area contributed by atoms with Gasteiger partial charge in [-0.3, -0.25) is 19.3 Å². The Morgan fingerprint density at radius 3 is 2.22 bits per heavy atom. The zero-order chi connectivity index (χ0) is 19.1. The molecule has 1 heterocycles. The van der Waals surface area contributed by atoms with Crippen LogP contribution in [-0.4, -0.2) is 42.2 Å². The molecular formula is C20H20N2O5. The normalized spacial score (nSPS) is 27.8. The van der Waals surface area contributed by atoms with E-state index in [1.807, 2.05) is 12.2 Å². The lowest BCUT2D eigenvalue weighted by molar-refractivity contribution is -0.140. The number of benzene rings is 1. The first-order valence-corrected chi connectivity index (χ1v) is 9.01. The molecule has 4 rings (SSSR count). The van der Waals surface area contributed by atoms with E-state index in [0.717, 1.165) is 6.42 Å². The molecule has 1 aromatic rings. The Hall–Kier alpha value is -2.96. The summed E-state index contributed by atoms with van der Waals surface area (Å²) in [5.74, 6) is -1.16. The van der Waals surface area contributed by atoms with Crippen molar-refractivity contribution in [2.75, 3.05) is 19.0 Å². The van der Waals surface area contributed by atoms with E-state index in [4.69, 9.17) is 0 Å². The quantitative estimate of drug-likeness (QED) is 0.484. The molecule has 1 aromatic carbocycles. The third-order valence-electron chi connectivity index (χ3n) is 5.71. The van der Waals surface area contributed by atoms with Gasteiger partial charge in [0.05, 0.1) is 24.5 Å². The lowest BCUT2D eigenvalue weighted by Crippen LogP contribution is -2.35. The third kappa shape index (κ3) is 2.93. The zero-order valence-electron chi connectivity index (χ0n) is 14.9. The number of likely N-dealkylation sites (tertiary alicyclic amines) is 1. The Morgan fingerprint density at radius 1 is 1.07 bits per heavy atom. The number of imide groups is 1.